The van der Waals surface area contributed by atoms with Crippen molar-refractivity contribution >= 4 is 11.5 Å². The maximum absolute atomic E-state index is 12.7. The second-order valence-corrected chi connectivity index (χ2v) is 29.4. The van der Waals surface area contributed by atoms with E-state index in [0.29, 0.717) is 89.8 Å². The number of carbonyl (C=O) groups is 1. The number of rotatable bonds is 18. The maximum atomic E-state index is 12.7. The summed E-state index contributed by atoms with van der Waals surface area (Å²) in [5.41, 5.74) is 5.32. The Morgan fingerprint density at radius 1 is 0.805 bits per heavy atom. The molecule has 19 atom stereocenters. The van der Waals surface area contributed by atoms with E-state index in [4.69, 9.17) is 11.3 Å². The zero-order valence-corrected chi connectivity index (χ0v) is 58.8. The fraction of sp³-hybridized carbons (Fsp3) is 0.851. The Morgan fingerprint density at radius 3 is 2.00 bits per heavy atom. The molecule has 2 saturated carbocycles. The standard InChI is InChI=1S/C57H105N3O2.C13H21N3.2C2H6/c1-21-57(17)35-49(30-42(8)47(57)13)32-50-45(11)41(7)26-25-40(6)44(10)48(14)60(20)36-39(5)34-56(15,16)52(46(50)12)33-54-51(53(59(18)19)31-43(9)62-54)29-38(4)27-28-58-55(61)24-22-23-37(2)3;1-5-11-6-10(4)12(7-11)16-8-14-13(15-16)9(2)3;2*1-2/h39-40,42-54H,2,4,7,21-36H2,1,3,5-6,8-20H3,(H,58,61);8,10-12H,2,5-7H2,1,3-4H3;2*1-2H3/t39-,40?,42-,43?,44?,45?,46+,47?,48?,49?,50-,51-,52-,53?,54?,57-;10-,11?,12?;;/m11../s1. The normalized spacial score (nSPS) is 35.7. The first-order chi connectivity index (χ1) is 38.4. The Labute approximate surface area is 510 Å². The molecule has 8 heteroatoms. The molecule has 1 N–H and O–H groups in total. The van der Waals surface area contributed by atoms with Crippen LogP contribution in [0.25, 0.3) is 5.57 Å². The summed E-state index contributed by atoms with van der Waals surface area (Å²) in [6, 6.07) is 1.50. The highest BCUT2D eigenvalue weighted by Crippen LogP contribution is 2.54. The van der Waals surface area contributed by atoms with Crippen LogP contribution in [0.1, 0.15) is 266 Å². The van der Waals surface area contributed by atoms with E-state index in [0.717, 1.165) is 92.1 Å². The van der Waals surface area contributed by atoms with Gasteiger partial charge in [-0.05, 0) is 226 Å². The van der Waals surface area contributed by atoms with Crippen LogP contribution in [0.4, 0.5) is 0 Å². The fourth-order valence-corrected chi connectivity index (χ4v) is 16.3. The number of allylic oxidation sites excluding steroid dienone is 3. The van der Waals surface area contributed by atoms with Crippen molar-refractivity contribution in [2.45, 2.75) is 285 Å². The molecule has 1 aromatic rings. The van der Waals surface area contributed by atoms with Gasteiger partial charge in [-0.25, -0.2) is 9.67 Å². The maximum Gasteiger partial charge on any atom is 0.220 e. The van der Waals surface area contributed by atoms with Crippen LogP contribution in [-0.2, 0) is 9.53 Å². The Bertz CT molecular complexity index is 2040. The van der Waals surface area contributed by atoms with E-state index in [1.54, 1.807) is 0 Å². The summed E-state index contributed by atoms with van der Waals surface area (Å²) in [5, 5.41) is 7.71. The average Bonchev–Trinajstić information content (AvgIpc) is 4.07. The monoisotopic (exact) mass is 1140 g/mol. The van der Waals surface area contributed by atoms with Crippen molar-refractivity contribution in [3.8, 4) is 0 Å². The Balaban J connectivity index is 0.000000964. The SMILES string of the molecule is C=C(C)CCCC(=O)NCCC(=C)C[C@H]1C(C[C@@H]2[C@@H](C)[C@H](CC3C[C@@H](C)C(C)[C@](C)(CC)C3)C(C)C(=C)CCC(C)C(C)C(C)N(C)C[C@H](C)CC2(C)C)OC(C)CC1N(C)C.C=C(C)c1ncn(C2CC(CC)C[C@H]2C)n1.CC.CC. The molecule has 1 aromatic heterocycles. The van der Waals surface area contributed by atoms with Crippen LogP contribution in [-0.4, -0.2) is 89.0 Å². The average molecular weight is 1140 g/mol. The fourth-order valence-electron chi connectivity index (χ4n) is 16.3. The van der Waals surface area contributed by atoms with Crippen molar-refractivity contribution in [2.75, 3.05) is 34.2 Å². The van der Waals surface area contributed by atoms with Crippen molar-refractivity contribution in [3.05, 3.63) is 55.2 Å². The molecule has 476 valence electrons. The van der Waals surface area contributed by atoms with E-state index in [2.05, 4.69) is 170 Å². The minimum Gasteiger partial charge on any atom is -0.375 e. The summed E-state index contributed by atoms with van der Waals surface area (Å²) >= 11 is 0. The lowest BCUT2D eigenvalue weighted by molar-refractivity contribution is -0.127. The minimum absolute atomic E-state index is 0.112. The summed E-state index contributed by atoms with van der Waals surface area (Å²) in [7, 11) is 6.93. The first-order valence-corrected chi connectivity index (χ1v) is 34.3. The summed E-state index contributed by atoms with van der Waals surface area (Å²) in [4.78, 5) is 22.1. The third kappa shape index (κ3) is 22.3. The summed E-state index contributed by atoms with van der Waals surface area (Å²) in [5.74, 6) is 9.06. The van der Waals surface area contributed by atoms with Crippen molar-refractivity contribution < 1.29 is 9.53 Å². The molecular weight excluding hydrogens is 1000 g/mol. The Morgan fingerprint density at radius 2 is 1.44 bits per heavy atom. The lowest BCUT2D eigenvalue weighted by atomic mass is 9.55. The molecule has 2 aliphatic carbocycles. The van der Waals surface area contributed by atoms with Crippen molar-refractivity contribution in [2.24, 2.45) is 87.8 Å². The van der Waals surface area contributed by atoms with Crippen LogP contribution in [0.2, 0.25) is 0 Å². The predicted molar refractivity (Wildman–Crippen MR) is 359 cm³/mol. The smallest absolute Gasteiger partial charge is 0.220 e. The number of hydrogen-bond donors (Lipinski definition) is 1. The Hall–Kier alpha value is -2.55. The summed E-state index contributed by atoms with van der Waals surface area (Å²) < 4.78 is 9.31. The first kappa shape index (κ1) is 75.5. The highest BCUT2D eigenvalue weighted by molar-refractivity contribution is 5.75. The molecule has 1 amide bonds. The number of nitrogens with one attached hydrogen (secondary N) is 1. The van der Waals surface area contributed by atoms with Crippen LogP contribution in [0.15, 0.2) is 49.4 Å². The predicted octanol–water partition coefficient (Wildman–Crippen LogP) is 19.6. The molecular formula is C74H138N6O2. The van der Waals surface area contributed by atoms with Gasteiger partial charge in [0.15, 0.2) is 5.82 Å². The zero-order valence-electron chi connectivity index (χ0n) is 58.8. The number of nitrogens with zero attached hydrogens (tertiary/aromatic N) is 5. The second-order valence-electron chi connectivity index (χ2n) is 29.4. The number of hydrogen-bond acceptors (Lipinski definition) is 6. The highest BCUT2D eigenvalue weighted by Gasteiger charge is 2.48. The summed E-state index contributed by atoms with van der Waals surface area (Å²) in [6.45, 7) is 68.9. The van der Waals surface area contributed by atoms with E-state index in [1.165, 1.54) is 68.9 Å². The number of ether oxygens (including phenoxy) is 1. The molecule has 5 rings (SSSR count). The van der Waals surface area contributed by atoms with Gasteiger partial charge in [-0.2, -0.15) is 5.10 Å². The molecule has 3 heterocycles. The third-order valence-electron chi connectivity index (χ3n) is 22.4. The molecule has 4 fully saturated rings. The number of aromatic nitrogens is 3. The van der Waals surface area contributed by atoms with Crippen LogP contribution in [0.5, 0.6) is 0 Å². The van der Waals surface area contributed by atoms with Gasteiger partial charge in [-0.15, -0.1) is 6.58 Å². The Kier molecular flexibility index (Phi) is 33.1. The molecule has 2 saturated heterocycles. The molecule has 0 aromatic carbocycles. The van der Waals surface area contributed by atoms with Crippen LogP contribution in [0.3, 0.4) is 0 Å². The molecule has 11 unspecified atom stereocenters. The van der Waals surface area contributed by atoms with Gasteiger partial charge in [-0.3, -0.25) is 4.79 Å². The van der Waals surface area contributed by atoms with Crippen LogP contribution < -0.4 is 5.32 Å². The molecule has 4 aliphatic rings. The van der Waals surface area contributed by atoms with E-state index in [1.807, 2.05) is 52.6 Å². The zero-order chi connectivity index (χ0) is 62.6. The number of amides is 1. The quantitative estimate of drug-likeness (QED) is 0.148. The minimum atomic E-state index is 0.112. The van der Waals surface area contributed by atoms with Gasteiger partial charge in [0.25, 0.3) is 0 Å². The summed E-state index contributed by atoms with van der Waals surface area (Å²) in [6.07, 6.45) is 21.1. The van der Waals surface area contributed by atoms with Gasteiger partial charge in [0.2, 0.25) is 5.91 Å². The van der Waals surface area contributed by atoms with E-state index < -0.39 is 0 Å². The largest absolute Gasteiger partial charge is 0.375 e. The molecule has 2 aliphatic heterocycles. The molecule has 0 spiro atoms. The first-order valence-electron chi connectivity index (χ1n) is 34.3. The van der Waals surface area contributed by atoms with Crippen LogP contribution >= 0.6 is 0 Å². The van der Waals surface area contributed by atoms with Crippen LogP contribution in [0, 0.1) is 87.8 Å². The topological polar surface area (TPSA) is 75.5 Å². The van der Waals surface area contributed by atoms with Gasteiger partial charge in [0.1, 0.15) is 6.33 Å². The second kappa shape index (κ2) is 35.9. The van der Waals surface area contributed by atoms with Gasteiger partial charge in [0, 0.05) is 37.5 Å². The third-order valence-corrected chi connectivity index (χ3v) is 22.4. The highest BCUT2D eigenvalue weighted by atomic mass is 16.5. The number of carbonyl (C=O) groups excluding carboxylic acids is 1. The lowest BCUT2D eigenvalue weighted by Gasteiger charge is -2.51. The molecule has 0 bridgehead atoms. The molecule has 0 radical (unpaired) electrons. The van der Waals surface area contributed by atoms with Gasteiger partial charge >= 0.3 is 0 Å². The van der Waals surface area contributed by atoms with E-state index in [-0.39, 0.29) is 23.5 Å². The van der Waals surface area contributed by atoms with Crippen molar-refractivity contribution in [3.63, 3.8) is 0 Å². The van der Waals surface area contributed by atoms with Gasteiger partial charge in [0.05, 0.1) is 18.2 Å². The lowest BCUT2D eigenvalue weighted by Crippen LogP contribution is -2.51. The molecule has 8 nitrogen and oxygen atoms in total. The van der Waals surface area contributed by atoms with Gasteiger partial charge < -0.3 is 19.9 Å². The van der Waals surface area contributed by atoms with E-state index >= 15 is 0 Å². The van der Waals surface area contributed by atoms with E-state index in [9.17, 15) is 4.79 Å². The molecule has 82 heavy (non-hydrogen) atoms. The van der Waals surface area contributed by atoms with Gasteiger partial charge in [-0.1, -0.05) is 167 Å². The van der Waals surface area contributed by atoms with Crippen molar-refractivity contribution in [1.29, 1.82) is 0 Å². The van der Waals surface area contributed by atoms with Crippen molar-refractivity contribution in [1.82, 2.24) is 29.9 Å².